The van der Waals surface area contributed by atoms with Crippen molar-refractivity contribution < 1.29 is 13.2 Å². The molecule has 0 saturated carbocycles. The van der Waals surface area contributed by atoms with Crippen LogP contribution >= 0.6 is 0 Å². The Hall–Kier alpha value is -0.660. The van der Waals surface area contributed by atoms with Crippen LogP contribution in [-0.4, -0.2) is 45.8 Å². The molecule has 6 nitrogen and oxygen atoms in total. The summed E-state index contributed by atoms with van der Waals surface area (Å²) in [5.41, 5.74) is -0.511. The third kappa shape index (κ3) is 5.01. The van der Waals surface area contributed by atoms with Crippen molar-refractivity contribution in [3.05, 3.63) is 0 Å². The Morgan fingerprint density at radius 3 is 2.59 bits per heavy atom. The molecular formula is C10H21N3O3S. The summed E-state index contributed by atoms with van der Waals surface area (Å²) in [7, 11) is -3.18. The molecule has 17 heavy (non-hydrogen) atoms. The minimum Gasteiger partial charge on any atom is -0.353 e. The molecule has 1 amide bonds. The van der Waals surface area contributed by atoms with Gasteiger partial charge in [-0.05, 0) is 32.7 Å². The lowest BCUT2D eigenvalue weighted by atomic mass is 9.90. The van der Waals surface area contributed by atoms with Crippen LogP contribution in [0.1, 0.15) is 26.2 Å². The van der Waals surface area contributed by atoms with E-state index < -0.39 is 15.6 Å². The standard InChI is InChI=1S/C10H21N3O3S/c1-10(5-3-4-6-12-10)9(14)11-7-8-13-17(2,15)16/h12-13H,3-8H2,1-2H3,(H,11,14). The highest BCUT2D eigenvalue weighted by atomic mass is 32.2. The lowest BCUT2D eigenvalue weighted by Crippen LogP contribution is -2.57. The van der Waals surface area contributed by atoms with Crippen molar-refractivity contribution in [3.8, 4) is 0 Å². The van der Waals surface area contributed by atoms with Crippen LogP contribution in [0.4, 0.5) is 0 Å². The first-order valence-electron chi connectivity index (χ1n) is 5.81. The largest absolute Gasteiger partial charge is 0.353 e. The molecule has 0 radical (unpaired) electrons. The lowest BCUT2D eigenvalue weighted by molar-refractivity contribution is -0.127. The fourth-order valence-corrected chi connectivity index (χ4v) is 2.33. The molecule has 3 N–H and O–H groups in total. The molecule has 0 aliphatic carbocycles. The smallest absolute Gasteiger partial charge is 0.240 e. The third-order valence-corrected chi connectivity index (χ3v) is 3.62. The van der Waals surface area contributed by atoms with Gasteiger partial charge in [0.2, 0.25) is 15.9 Å². The summed E-state index contributed by atoms with van der Waals surface area (Å²) in [4.78, 5) is 11.9. The van der Waals surface area contributed by atoms with E-state index in [2.05, 4.69) is 15.4 Å². The number of rotatable bonds is 5. The van der Waals surface area contributed by atoms with Crippen molar-refractivity contribution >= 4 is 15.9 Å². The Labute approximate surface area is 103 Å². The molecule has 1 atom stereocenters. The van der Waals surface area contributed by atoms with E-state index in [1.807, 2.05) is 6.92 Å². The average molecular weight is 263 g/mol. The highest BCUT2D eigenvalue weighted by Gasteiger charge is 2.33. The van der Waals surface area contributed by atoms with Crippen LogP contribution < -0.4 is 15.4 Å². The van der Waals surface area contributed by atoms with Crippen LogP contribution in [0.15, 0.2) is 0 Å². The van der Waals surface area contributed by atoms with E-state index in [0.29, 0.717) is 6.54 Å². The predicted octanol–water partition coefficient (Wildman–Crippen LogP) is -0.816. The Morgan fingerprint density at radius 2 is 2.06 bits per heavy atom. The van der Waals surface area contributed by atoms with Gasteiger partial charge in [0.1, 0.15) is 0 Å². The summed E-state index contributed by atoms with van der Waals surface area (Å²) in [6.07, 6.45) is 4.05. The van der Waals surface area contributed by atoms with E-state index in [4.69, 9.17) is 0 Å². The maximum Gasteiger partial charge on any atom is 0.240 e. The lowest BCUT2D eigenvalue weighted by Gasteiger charge is -2.33. The molecular weight excluding hydrogens is 242 g/mol. The monoisotopic (exact) mass is 263 g/mol. The van der Waals surface area contributed by atoms with Crippen LogP contribution in [0.3, 0.4) is 0 Å². The second kappa shape index (κ2) is 5.79. The molecule has 0 spiro atoms. The van der Waals surface area contributed by atoms with Crippen LogP contribution in [-0.2, 0) is 14.8 Å². The summed E-state index contributed by atoms with van der Waals surface area (Å²) in [6, 6.07) is 0. The van der Waals surface area contributed by atoms with E-state index >= 15 is 0 Å². The Balaban J connectivity index is 2.29. The van der Waals surface area contributed by atoms with Gasteiger partial charge >= 0.3 is 0 Å². The van der Waals surface area contributed by atoms with Gasteiger partial charge in [-0.1, -0.05) is 0 Å². The first-order chi connectivity index (χ1) is 7.83. The molecule has 100 valence electrons. The van der Waals surface area contributed by atoms with Gasteiger partial charge in [0.05, 0.1) is 11.8 Å². The molecule has 1 rings (SSSR count). The number of hydrogen-bond donors (Lipinski definition) is 3. The van der Waals surface area contributed by atoms with Gasteiger partial charge in [-0.25, -0.2) is 13.1 Å². The number of piperidine rings is 1. The summed E-state index contributed by atoms with van der Waals surface area (Å²) >= 11 is 0. The second-order valence-corrected chi connectivity index (χ2v) is 6.47. The van der Waals surface area contributed by atoms with E-state index in [-0.39, 0.29) is 12.5 Å². The highest BCUT2D eigenvalue weighted by Crippen LogP contribution is 2.18. The number of carbonyl (C=O) groups is 1. The van der Waals surface area contributed by atoms with Crippen LogP contribution in [0.2, 0.25) is 0 Å². The maximum absolute atomic E-state index is 11.9. The number of amides is 1. The van der Waals surface area contributed by atoms with Crippen LogP contribution in [0, 0.1) is 0 Å². The van der Waals surface area contributed by atoms with Crippen molar-refractivity contribution in [2.24, 2.45) is 0 Å². The first-order valence-corrected chi connectivity index (χ1v) is 7.71. The minimum absolute atomic E-state index is 0.0625. The van der Waals surface area contributed by atoms with Crippen molar-refractivity contribution in [2.45, 2.75) is 31.7 Å². The Kier molecular flexibility index (Phi) is 4.91. The summed E-state index contributed by atoms with van der Waals surface area (Å²) in [5, 5.41) is 5.94. The summed E-state index contributed by atoms with van der Waals surface area (Å²) in [5.74, 6) is -0.0625. The SMILES string of the molecule is CC1(C(=O)NCCNS(C)(=O)=O)CCCCN1. The van der Waals surface area contributed by atoms with Gasteiger partial charge in [0, 0.05) is 13.1 Å². The maximum atomic E-state index is 11.9. The van der Waals surface area contributed by atoms with Gasteiger partial charge in [-0.15, -0.1) is 0 Å². The fourth-order valence-electron chi connectivity index (χ4n) is 1.86. The Bertz CT molecular complexity index is 361. The number of carbonyl (C=O) groups excluding carboxylic acids is 1. The van der Waals surface area contributed by atoms with Gasteiger partial charge in [0.25, 0.3) is 0 Å². The van der Waals surface area contributed by atoms with Gasteiger partial charge < -0.3 is 10.6 Å². The Morgan fingerprint density at radius 1 is 1.35 bits per heavy atom. The second-order valence-electron chi connectivity index (χ2n) is 4.64. The van der Waals surface area contributed by atoms with Crippen molar-refractivity contribution in [1.29, 1.82) is 0 Å². The normalized spacial score (nSPS) is 25.5. The van der Waals surface area contributed by atoms with Crippen LogP contribution in [0.5, 0.6) is 0 Å². The van der Waals surface area contributed by atoms with Gasteiger partial charge in [0.15, 0.2) is 0 Å². The van der Waals surface area contributed by atoms with E-state index in [1.165, 1.54) is 0 Å². The van der Waals surface area contributed by atoms with Crippen molar-refractivity contribution in [2.75, 3.05) is 25.9 Å². The summed E-state index contributed by atoms with van der Waals surface area (Å²) < 4.78 is 23.9. The molecule has 0 aromatic heterocycles. The van der Waals surface area contributed by atoms with E-state index in [0.717, 1.165) is 32.1 Å². The zero-order valence-corrected chi connectivity index (χ0v) is 11.2. The highest BCUT2D eigenvalue weighted by molar-refractivity contribution is 7.88. The molecule has 0 aromatic rings. The van der Waals surface area contributed by atoms with E-state index in [1.54, 1.807) is 0 Å². The average Bonchev–Trinajstić information content (AvgIpc) is 2.24. The molecule has 1 aliphatic rings. The van der Waals surface area contributed by atoms with Gasteiger partial charge in [-0.2, -0.15) is 0 Å². The summed E-state index contributed by atoms with van der Waals surface area (Å²) in [6.45, 7) is 3.26. The zero-order valence-electron chi connectivity index (χ0n) is 10.4. The molecule has 7 heteroatoms. The number of nitrogens with one attached hydrogen (secondary N) is 3. The molecule has 1 saturated heterocycles. The van der Waals surface area contributed by atoms with E-state index in [9.17, 15) is 13.2 Å². The topological polar surface area (TPSA) is 87.3 Å². The minimum atomic E-state index is -3.18. The fraction of sp³-hybridized carbons (Fsp3) is 0.900. The first kappa shape index (κ1) is 14.4. The van der Waals surface area contributed by atoms with Gasteiger partial charge in [-0.3, -0.25) is 4.79 Å². The van der Waals surface area contributed by atoms with Crippen LogP contribution in [0.25, 0.3) is 0 Å². The zero-order chi connectivity index (χ0) is 12.9. The quantitative estimate of drug-likeness (QED) is 0.566. The molecule has 1 aliphatic heterocycles. The molecule has 0 bridgehead atoms. The van der Waals surface area contributed by atoms with Crippen molar-refractivity contribution in [3.63, 3.8) is 0 Å². The molecule has 0 aromatic carbocycles. The number of hydrogen-bond acceptors (Lipinski definition) is 4. The van der Waals surface area contributed by atoms with Crippen molar-refractivity contribution in [1.82, 2.24) is 15.4 Å². The number of sulfonamides is 1. The third-order valence-electron chi connectivity index (χ3n) is 2.89. The molecule has 1 fully saturated rings. The molecule has 1 heterocycles. The molecule has 1 unspecified atom stereocenters. The predicted molar refractivity (Wildman–Crippen MR) is 66.1 cm³/mol.